The van der Waals surface area contributed by atoms with Crippen LogP contribution in [0.1, 0.15) is 12.0 Å². The first-order valence-corrected chi connectivity index (χ1v) is 5.30. The molecular formula is C10H12Cl2N2O. The largest absolute Gasteiger partial charge is 0.396 e. The fourth-order valence-electron chi connectivity index (χ4n) is 0.925. The Kier molecular flexibility index (Phi) is 5.47. The molecule has 0 saturated heterocycles. The standard InChI is InChI=1S/C10H12Cl2N2O/c11-9-3-1-4-10(12)8(9)7-14-15-6-2-5-13/h1,3-4,7H,2,5-6,13H2/b14-7+. The van der Waals surface area contributed by atoms with Crippen LogP contribution >= 0.6 is 23.2 Å². The maximum absolute atomic E-state index is 5.92. The molecule has 0 aromatic heterocycles. The van der Waals surface area contributed by atoms with E-state index in [2.05, 4.69) is 5.16 Å². The average Bonchev–Trinajstić information content (AvgIpc) is 2.21. The summed E-state index contributed by atoms with van der Waals surface area (Å²) in [5, 5.41) is 4.85. The molecule has 3 nitrogen and oxygen atoms in total. The Labute approximate surface area is 98.8 Å². The van der Waals surface area contributed by atoms with E-state index >= 15 is 0 Å². The summed E-state index contributed by atoms with van der Waals surface area (Å²) in [4.78, 5) is 4.96. The van der Waals surface area contributed by atoms with E-state index in [4.69, 9.17) is 33.8 Å². The van der Waals surface area contributed by atoms with Crippen LogP contribution in [-0.2, 0) is 4.84 Å². The van der Waals surface area contributed by atoms with Crippen LogP contribution in [-0.4, -0.2) is 19.4 Å². The molecule has 0 fully saturated rings. The van der Waals surface area contributed by atoms with Crippen molar-refractivity contribution in [3.05, 3.63) is 33.8 Å². The first kappa shape index (κ1) is 12.3. The van der Waals surface area contributed by atoms with Gasteiger partial charge in [0.1, 0.15) is 6.61 Å². The third-order valence-corrected chi connectivity index (χ3v) is 2.35. The van der Waals surface area contributed by atoms with Crippen molar-refractivity contribution in [2.75, 3.05) is 13.2 Å². The van der Waals surface area contributed by atoms with Crippen molar-refractivity contribution in [2.45, 2.75) is 6.42 Å². The Hall–Kier alpha value is -0.770. The molecule has 0 heterocycles. The molecule has 0 bridgehead atoms. The molecule has 0 aliphatic rings. The molecule has 0 amide bonds. The molecule has 0 atom stereocenters. The predicted octanol–water partition coefficient (Wildman–Crippen LogP) is 2.69. The monoisotopic (exact) mass is 246 g/mol. The summed E-state index contributed by atoms with van der Waals surface area (Å²) in [6, 6.07) is 5.26. The Bertz CT molecular complexity index is 322. The summed E-state index contributed by atoms with van der Waals surface area (Å²) in [6.07, 6.45) is 2.27. The van der Waals surface area contributed by atoms with Crippen molar-refractivity contribution in [3.63, 3.8) is 0 Å². The Balaban J connectivity index is 2.56. The van der Waals surface area contributed by atoms with Crippen LogP contribution < -0.4 is 5.73 Å². The van der Waals surface area contributed by atoms with Gasteiger partial charge in [-0.1, -0.05) is 34.4 Å². The highest BCUT2D eigenvalue weighted by Gasteiger charge is 2.01. The highest BCUT2D eigenvalue weighted by molar-refractivity contribution is 6.38. The molecular weight excluding hydrogens is 235 g/mol. The zero-order chi connectivity index (χ0) is 11.1. The number of nitrogens with two attached hydrogens (primary N) is 1. The first-order valence-electron chi connectivity index (χ1n) is 4.55. The predicted molar refractivity (Wildman–Crippen MR) is 63.7 cm³/mol. The molecule has 15 heavy (non-hydrogen) atoms. The van der Waals surface area contributed by atoms with Gasteiger partial charge in [0.2, 0.25) is 0 Å². The quantitative estimate of drug-likeness (QED) is 0.494. The smallest absolute Gasteiger partial charge is 0.118 e. The van der Waals surface area contributed by atoms with Gasteiger partial charge in [-0.15, -0.1) is 0 Å². The minimum Gasteiger partial charge on any atom is -0.396 e. The maximum atomic E-state index is 5.92. The average molecular weight is 247 g/mol. The van der Waals surface area contributed by atoms with Gasteiger partial charge in [-0.3, -0.25) is 0 Å². The van der Waals surface area contributed by atoms with E-state index in [1.54, 1.807) is 18.2 Å². The highest BCUT2D eigenvalue weighted by Crippen LogP contribution is 2.22. The zero-order valence-corrected chi connectivity index (χ0v) is 9.63. The molecule has 0 spiro atoms. The first-order chi connectivity index (χ1) is 7.25. The van der Waals surface area contributed by atoms with E-state index in [0.29, 0.717) is 28.8 Å². The molecule has 1 rings (SSSR count). The molecule has 0 saturated carbocycles. The van der Waals surface area contributed by atoms with Crippen molar-refractivity contribution in [1.29, 1.82) is 0 Å². The number of oxime groups is 1. The summed E-state index contributed by atoms with van der Waals surface area (Å²) in [6.45, 7) is 1.08. The summed E-state index contributed by atoms with van der Waals surface area (Å²) in [5.41, 5.74) is 5.96. The third kappa shape index (κ3) is 4.08. The molecule has 2 N–H and O–H groups in total. The number of benzene rings is 1. The lowest BCUT2D eigenvalue weighted by Crippen LogP contribution is -2.02. The van der Waals surface area contributed by atoms with Gasteiger partial charge in [0, 0.05) is 5.56 Å². The lowest BCUT2D eigenvalue weighted by Gasteiger charge is -2.00. The fourth-order valence-corrected chi connectivity index (χ4v) is 1.42. The minimum absolute atomic E-state index is 0.495. The summed E-state index contributed by atoms with van der Waals surface area (Å²) in [5.74, 6) is 0. The summed E-state index contributed by atoms with van der Waals surface area (Å²) < 4.78 is 0. The molecule has 1 aromatic carbocycles. The van der Waals surface area contributed by atoms with Gasteiger partial charge in [0.25, 0.3) is 0 Å². The van der Waals surface area contributed by atoms with Crippen LogP contribution in [0.15, 0.2) is 23.4 Å². The van der Waals surface area contributed by atoms with Crippen LogP contribution in [0, 0.1) is 0 Å². The lowest BCUT2D eigenvalue weighted by molar-refractivity contribution is 0.145. The van der Waals surface area contributed by atoms with Gasteiger partial charge in [0.15, 0.2) is 0 Å². The van der Waals surface area contributed by atoms with Gasteiger partial charge in [-0.25, -0.2) is 0 Å². The van der Waals surface area contributed by atoms with Crippen LogP contribution in [0.25, 0.3) is 0 Å². The third-order valence-electron chi connectivity index (χ3n) is 1.70. The van der Waals surface area contributed by atoms with E-state index in [1.807, 2.05) is 0 Å². The van der Waals surface area contributed by atoms with Crippen molar-refractivity contribution < 1.29 is 4.84 Å². The molecule has 82 valence electrons. The van der Waals surface area contributed by atoms with Gasteiger partial charge in [-0.05, 0) is 25.1 Å². The van der Waals surface area contributed by atoms with E-state index in [0.717, 1.165) is 6.42 Å². The molecule has 1 aromatic rings. The lowest BCUT2D eigenvalue weighted by atomic mass is 10.2. The number of hydrogen-bond donors (Lipinski definition) is 1. The van der Waals surface area contributed by atoms with Gasteiger partial charge >= 0.3 is 0 Å². The minimum atomic E-state index is 0.495. The second kappa shape index (κ2) is 6.67. The van der Waals surface area contributed by atoms with Gasteiger partial charge in [-0.2, -0.15) is 0 Å². The number of rotatable bonds is 5. The summed E-state index contributed by atoms with van der Waals surface area (Å²) >= 11 is 11.8. The second-order valence-electron chi connectivity index (χ2n) is 2.85. The molecule has 0 unspecified atom stereocenters. The van der Waals surface area contributed by atoms with Gasteiger partial charge in [0.05, 0.1) is 16.3 Å². The SMILES string of the molecule is NCCCO/N=C/c1c(Cl)cccc1Cl. The number of nitrogens with zero attached hydrogens (tertiary/aromatic N) is 1. The second-order valence-corrected chi connectivity index (χ2v) is 3.66. The molecule has 0 aliphatic carbocycles. The topological polar surface area (TPSA) is 47.6 Å². The van der Waals surface area contributed by atoms with Crippen LogP contribution in [0.5, 0.6) is 0 Å². The van der Waals surface area contributed by atoms with Gasteiger partial charge < -0.3 is 10.6 Å². The van der Waals surface area contributed by atoms with E-state index in [9.17, 15) is 0 Å². The molecule has 5 heteroatoms. The highest BCUT2D eigenvalue weighted by atomic mass is 35.5. The zero-order valence-electron chi connectivity index (χ0n) is 8.12. The Morgan fingerprint density at radius 3 is 2.60 bits per heavy atom. The summed E-state index contributed by atoms with van der Waals surface area (Å²) in [7, 11) is 0. The van der Waals surface area contributed by atoms with E-state index < -0.39 is 0 Å². The number of hydrogen-bond acceptors (Lipinski definition) is 3. The van der Waals surface area contributed by atoms with Crippen LogP contribution in [0.3, 0.4) is 0 Å². The van der Waals surface area contributed by atoms with Crippen LogP contribution in [0.4, 0.5) is 0 Å². The number of halogens is 2. The van der Waals surface area contributed by atoms with E-state index in [1.165, 1.54) is 6.21 Å². The van der Waals surface area contributed by atoms with Crippen LogP contribution in [0.2, 0.25) is 10.0 Å². The molecule has 0 radical (unpaired) electrons. The fraction of sp³-hybridized carbons (Fsp3) is 0.300. The van der Waals surface area contributed by atoms with Crippen molar-refractivity contribution in [2.24, 2.45) is 10.9 Å². The van der Waals surface area contributed by atoms with Crippen molar-refractivity contribution in [1.82, 2.24) is 0 Å². The molecule has 0 aliphatic heterocycles. The van der Waals surface area contributed by atoms with E-state index in [-0.39, 0.29) is 0 Å². The van der Waals surface area contributed by atoms with Crippen molar-refractivity contribution in [3.8, 4) is 0 Å². The Morgan fingerprint density at radius 1 is 1.33 bits per heavy atom. The van der Waals surface area contributed by atoms with Crippen molar-refractivity contribution >= 4 is 29.4 Å². The Morgan fingerprint density at radius 2 is 2.00 bits per heavy atom. The maximum Gasteiger partial charge on any atom is 0.118 e. The normalized spacial score (nSPS) is 10.9.